The van der Waals surface area contributed by atoms with Crippen molar-refractivity contribution in [3.8, 4) is 67.5 Å². The summed E-state index contributed by atoms with van der Waals surface area (Å²) in [7, 11) is 0. The quantitative estimate of drug-likeness (QED) is 0.151. The zero-order valence-electron chi connectivity index (χ0n) is 221. The maximum atomic E-state index is 15.2. The lowest BCUT2D eigenvalue weighted by Gasteiger charge is -2.47. The van der Waals surface area contributed by atoms with Crippen LogP contribution in [-0.2, 0) is 33.3 Å². The number of benzene rings is 4. The van der Waals surface area contributed by atoms with E-state index in [0.717, 1.165) is 68.7 Å². The predicted molar refractivity (Wildman–Crippen MR) is 479 cm³/mol. The van der Waals surface area contributed by atoms with Crippen molar-refractivity contribution >= 4 is 11.6 Å². The molecule has 0 N–H and O–H groups in total. The molecule has 7 atom stereocenters. The molecule has 1 fully saturated rings. The highest BCUT2D eigenvalue weighted by molar-refractivity contribution is 6.00. The van der Waals surface area contributed by atoms with Gasteiger partial charge in [-0.15, -0.1) is 0 Å². The third-order valence-corrected chi connectivity index (χ3v) is 16.6. The number of Topliss-reactive ketones (excluding diaryl/α,β-unsaturated/α-hetero) is 2. The molecule has 4 aliphatic carbocycles. The van der Waals surface area contributed by atoms with Gasteiger partial charge in [0.05, 0.1) is 29.3 Å². The Kier molecular flexibility index (Phi) is 2.79. The Morgan fingerprint density at radius 3 is 1.59 bits per heavy atom. The van der Waals surface area contributed by atoms with Gasteiger partial charge in [-0.2, -0.15) is 0 Å². The summed E-state index contributed by atoms with van der Waals surface area (Å²) in [4.78, 5) is 62.2. The molecule has 1 saturated carbocycles. The molecule has 1 unspecified atom stereocenters. The Morgan fingerprint density at radius 2 is 1.08 bits per heavy atom. The largest absolute Gasteiger partial charge is 0.308 e. The van der Waals surface area contributed by atoms with Crippen molar-refractivity contribution in [3.63, 3.8) is 0 Å². The fourth-order valence-electron chi connectivity index (χ4n) is 12.8. The molecule has 4 heterocycles. The minimum absolute atomic E-state index is 0. The van der Waals surface area contributed by atoms with E-state index in [9.17, 15) is 9.59 Å². The molecule has 76 heavy (non-hydrogen) atoms. The first-order valence-corrected chi connectivity index (χ1v) is 25.7. The number of ketones is 2. The summed E-state index contributed by atoms with van der Waals surface area (Å²) in [5.74, 6) is -0.329. The highest BCUT2D eigenvalue weighted by Gasteiger charge is 2.56. The van der Waals surface area contributed by atoms with E-state index < -0.39 is 16.9 Å². The van der Waals surface area contributed by atoms with Crippen LogP contribution in [0.3, 0.4) is 0 Å². The number of rotatable bonds is 6. The molecule has 0 amide bonds. The van der Waals surface area contributed by atoms with Crippen LogP contribution >= 0.6 is 0 Å². The van der Waals surface area contributed by atoms with Gasteiger partial charge in [0.2, 0.25) is 11.5 Å². The summed E-state index contributed by atoms with van der Waals surface area (Å²) >= 11 is 0. The second kappa shape index (κ2) is 19.8. The number of nitrogens with zero attached hydrogens (tertiary/aromatic N) is 8. The number of halogens is 2. The normalized spacial score (nSPS) is 32.6. The van der Waals surface area contributed by atoms with Crippen molar-refractivity contribution in [1.29, 1.82) is 0 Å². The van der Waals surface area contributed by atoms with Gasteiger partial charge in [-0.05, 0) is 85.0 Å². The van der Waals surface area contributed by atoms with Gasteiger partial charge in [-0.1, -0.05) is 119 Å². The molecule has 4 aliphatic rings. The molecule has 554 valence electrons. The van der Waals surface area contributed by atoms with E-state index in [2.05, 4.69) is 33.5 Å². The van der Waals surface area contributed by atoms with Gasteiger partial charge in [0.1, 0.15) is 11.6 Å². The van der Waals surface area contributed by atoms with E-state index in [1.165, 1.54) is 12.1 Å². The standard InChI is InChI=1S/C32H27FN4O.C32H25FN4O.90H2/c2*1-19-25-14-13-23-28(22-11-7-8-12-26(22)33)36-31(37-30(23)32(25,2)17-27(34-3)29(19)38)21-15-16-35-18-24(21)20-9-5-4-6-10-20;;;;;;;;;;;;;;;;;;;;;;;;;;;;;;;;;;;;;;;;;;;;;;;;;;;;;;;;;;;;;;;;;;;;;;;;;;;;;;;;;;;;;;;;;;/h4-12,15-16,18-19,25,27H,13-14,17H2,1-2H3;4-12,15-19,25H,13-14H2,1-2H3;90*1H/t19-,25-,27?,32-;19-,25-,32-;;;;;;;;;;;;;;;;;;;;;;;;;;;;;;;;;;;;;;;;;;;;;;;;;;;;;;;;;;;;;;;;;;;;;;;;;;;;;;;;;;;;;;;;;;/m11........................................................................................../s1/i;;89*1+2T;1+2. The van der Waals surface area contributed by atoms with Crippen LogP contribution in [0.5, 0.6) is 0 Å². The van der Waals surface area contributed by atoms with Crippen molar-refractivity contribution < 1.29 is 284 Å². The SMILES string of the molecule is [3HH].[3H][3H].[3H][3H].[3H][3H].[3H][3H].[3H][3H].[3H][3H].[3H][3H].[3H][3H].[3H][3H].[3H][3H].[3H][3H].[3H][3H].[3H][3H].[3H][3H].[3H][3H].[3H][3H].[3H][3H].[3H][3H].[3H][3H].[3H][3H].[3H][3H].[3H][3H].[3H][3H].[3H][3H].[3H][3H].[3H][3H].[3H][3H].[3H][3H].[3H][3H].[3H][3H].[3H][3H].[3H][3H].[3H][3H].[3H][3H].[3H][3H].[3H][3H].[3H][3H].[3H][3H].[3H][3H].[3H][3H].[3H][3H].[3H][3H].[3H][3H].[3H][3H].[3H][3H].[3H][3H].[3H][3H].[3H][3H].[3H][3H].[3H][3H].[3H][3H].[3H][3H].[3H][3H].[3H][3H].[3H][3H].[3H][3H].[3H][3H].[3H][3H].[3H][3H].[3H][3H].[3H][3H].[3H][3H].[3H][3H].[3H][3H].[3H][3H].[3H][3H].[3H][3H].[3H][3H].[3H][3H].[3H][3H].[3H][3H].[3H][3H].[3H][3H].[3H][3H].[3H][3H].[3H][3H].[3H][3H].[3H][3H].[3H][3H].[3H][3H].[3H][3H].[3H][3H].[3H][3H].[3H][3H].[3H][3H].[3H][3H].[3H][3H].[3H][3H].[3H][3H].[C-]#[N+]C1=C[C@@]2(C)c3nc(-c4ccncc4-c4ccccc4)nc(-c4ccccc4F)c3CC[C@@H]2[C@@H](C)C1=O.[C-]#[N+]C1C[C@@]2(C)c3nc(-c4ccncc4-c4ccccc4)nc(-c4ccccc4F)c3CC[C@@H]2[C@@H](C)C1=O. The van der Waals surface area contributed by atoms with Crippen LogP contribution in [0.15, 0.2) is 158 Å². The number of fused-ring (bicyclic) bond motifs is 6. The van der Waals surface area contributed by atoms with Crippen LogP contribution in [0.2, 0.25) is 0 Å². The maximum Gasteiger partial charge on any atom is 0.282 e. The van der Waals surface area contributed by atoms with Crippen molar-refractivity contribution in [1.82, 2.24) is 29.9 Å². The van der Waals surface area contributed by atoms with E-state index in [1.54, 1.807) is 61.2 Å². The highest BCUT2D eigenvalue weighted by atomic mass is 19.1. The van der Waals surface area contributed by atoms with Gasteiger partial charge in [-0.3, -0.25) is 14.8 Å². The Hall–Kier alpha value is -8.74. The van der Waals surface area contributed by atoms with E-state index in [-0.39, 0.29) is 54.0 Å². The number of pyridine rings is 2. The first kappa shape index (κ1) is 10.7. The van der Waals surface area contributed by atoms with E-state index in [0.29, 0.717) is 53.4 Å². The van der Waals surface area contributed by atoms with Crippen LogP contribution < -0.4 is 0 Å². The molecular formula is C64H232F2N8O2. The van der Waals surface area contributed by atoms with Gasteiger partial charge in [0.25, 0.3) is 6.04 Å². The number of carbonyl (C=O) groups excluding carboxylic acids is 2. The highest BCUT2D eigenvalue weighted by Crippen LogP contribution is 2.54. The molecule has 12 heteroatoms. The van der Waals surface area contributed by atoms with Gasteiger partial charge in [-0.25, -0.2) is 40.1 Å². The number of hydrogen-bond acceptors (Lipinski definition) is 8. The van der Waals surface area contributed by atoms with Crippen LogP contribution in [0.1, 0.15) is 335 Å². The number of hydrogen-bond donors (Lipinski definition) is 0. The molecule has 0 spiro atoms. The number of carbonyl (C=O) groups is 2. The van der Waals surface area contributed by atoms with Gasteiger partial charge >= 0.3 is 0 Å². The van der Waals surface area contributed by atoms with E-state index in [4.69, 9.17) is 297 Å². The second-order valence-corrected chi connectivity index (χ2v) is 20.8. The fourth-order valence-corrected chi connectivity index (χ4v) is 12.8. The molecule has 0 aliphatic heterocycles. The van der Waals surface area contributed by atoms with Crippen LogP contribution in [0, 0.1) is 48.5 Å². The zero-order valence-corrected chi connectivity index (χ0v) is 42.5. The van der Waals surface area contributed by atoms with Crippen molar-refractivity contribution in [3.05, 3.63) is 215 Å². The molecule has 8 aromatic rings. The summed E-state index contributed by atoms with van der Waals surface area (Å²) in [6, 6.07) is 36.3. The lowest BCUT2D eigenvalue weighted by atomic mass is 9.55. The zero-order chi connectivity index (χ0) is 231. The van der Waals surface area contributed by atoms with Gasteiger partial charge < -0.3 is 9.64 Å². The Morgan fingerprint density at radius 1 is 0.592 bits per heavy atom. The van der Waals surface area contributed by atoms with E-state index in [1.807, 2.05) is 92.7 Å². The summed E-state index contributed by atoms with van der Waals surface area (Å²) in [5, 5.41) is 0. The average Bonchev–Trinajstić information content (AvgIpc) is 0.717. The van der Waals surface area contributed by atoms with Crippen LogP contribution in [0.4, 0.5) is 8.78 Å². The molecule has 10 nitrogen and oxygen atoms in total. The van der Waals surface area contributed by atoms with Crippen LogP contribution in [0.25, 0.3) is 77.2 Å². The lowest BCUT2D eigenvalue weighted by molar-refractivity contribution is -0.129. The first-order chi connectivity index (χ1) is 126. The smallest absolute Gasteiger partial charge is 0.282 e. The van der Waals surface area contributed by atoms with Crippen molar-refractivity contribution in [2.45, 2.75) is 76.7 Å². The summed E-state index contributed by atoms with van der Waals surface area (Å²) in [6.07, 6.45) is 12.0. The molecular weight excluding hydrogens is 951 g/mol. The van der Waals surface area contributed by atoms with Gasteiger partial charge in [0.15, 0.2) is 17.4 Å². The summed E-state index contributed by atoms with van der Waals surface area (Å²) < 4.78 is 920. The number of aromatic nitrogens is 6. The Labute approximate surface area is 716 Å². The molecule has 0 radical (unpaired) electrons. The van der Waals surface area contributed by atoms with Crippen molar-refractivity contribution in [2.24, 2.45) is 23.7 Å². The fraction of sp³-hybridized carbons (Fsp3) is 0.250. The molecule has 0 saturated heterocycles. The lowest BCUT2D eigenvalue weighted by Crippen LogP contribution is -2.52. The monoisotopic (exact) mass is 1540 g/mol. The average molecular weight is 1540 g/mol. The summed E-state index contributed by atoms with van der Waals surface area (Å²) in [6.45, 7) is 23.4. The molecule has 4 aromatic carbocycles. The minimum atomic E-state index is -0.701. The topological polar surface area (TPSA) is 120 Å². The van der Waals surface area contributed by atoms with Crippen LogP contribution in [-0.4, -0.2) is 47.5 Å². The van der Waals surface area contributed by atoms with E-state index >= 15 is 8.78 Å². The second-order valence-electron chi connectivity index (χ2n) is 20.8. The third-order valence-electron chi connectivity index (χ3n) is 16.6. The third kappa shape index (κ3) is 8.39. The van der Waals surface area contributed by atoms with Gasteiger partial charge in [0, 0.05) is 364 Å². The Balaban J connectivity index is -0.0000000168. The molecule has 4 aromatic heterocycles. The van der Waals surface area contributed by atoms with Crippen molar-refractivity contribution in [2.75, 3.05) is 0 Å². The molecule has 12 rings (SSSR count). The number of allylic oxidation sites excluding steroid dienone is 2. The summed E-state index contributed by atoms with van der Waals surface area (Å²) in [5.41, 5.74) is 9.64. The minimum Gasteiger partial charge on any atom is -0.308 e. The maximum absolute atomic E-state index is 15.2. The first-order valence-electron chi connectivity index (χ1n) is 115. The Bertz CT molecular complexity index is 3960. The predicted octanol–water partition coefficient (Wildman–Crippen LogP) is 35.7. The molecule has 0 bridgehead atoms.